The zero-order chi connectivity index (χ0) is 16.8. The van der Waals surface area contributed by atoms with Crippen LogP contribution in [0.5, 0.6) is 5.75 Å². The zero-order valence-electron chi connectivity index (χ0n) is 11.8. The lowest BCUT2D eigenvalue weighted by atomic mass is 10.2. The normalized spacial score (nSPS) is 11.8. The number of carbonyl (C=O) groups is 1. The van der Waals surface area contributed by atoms with Crippen LogP contribution in [0.4, 0.5) is 8.78 Å². The van der Waals surface area contributed by atoms with E-state index in [1.54, 1.807) is 0 Å². The van der Waals surface area contributed by atoms with Gasteiger partial charge in [0.15, 0.2) is 11.6 Å². The molecule has 0 saturated heterocycles. The molecule has 0 aliphatic rings. The monoisotopic (exact) mass is 342 g/mol. The number of aliphatic hydroxyl groups is 1. The van der Waals surface area contributed by atoms with Crippen LogP contribution in [0, 0.1) is 11.6 Å². The number of ether oxygens (including phenoxy) is 1. The van der Waals surface area contributed by atoms with Crippen LogP contribution in [0.2, 0.25) is 5.15 Å². The summed E-state index contributed by atoms with van der Waals surface area (Å²) >= 11 is 5.61. The minimum absolute atomic E-state index is 0.0782. The Morgan fingerprint density at radius 3 is 2.74 bits per heavy atom. The summed E-state index contributed by atoms with van der Waals surface area (Å²) in [6.45, 7) is -0.268. The number of nitrogens with zero attached hydrogens (tertiary/aromatic N) is 1. The minimum atomic E-state index is -1.04. The van der Waals surface area contributed by atoms with Crippen molar-refractivity contribution in [3.63, 3.8) is 0 Å². The molecular weight excluding hydrogens is 330 g/mol. The third-order valence-corrected chi connectivity index (χ3v) is 3.04. The topological polar surface area (TPSA) is 71.5 Å². The summed E-state index contributed by atoms with van der Waals surface area (Å²) in [4.78, 5) is 15.5. The van der Waals surface area contributed by atoms with E-state index in [4.69, 9.17) is 16.3 Å². The molecule has 0 fully saturated rings. The Morgan fingerprint density at radius 1 is 1.30 bits per heavy atom. The summed E-state index contributed by atoms with van der Waals surface area (Å²) in [5.41, 5.74) is 0.295. The molecule has 0 saturated carbocycles. The molecule has 1 amide bonds. The summed E-state index contributed by atoms with van der Waals surface area (Å²) in [7, 11) is 0. The molecule has 0 radical (unpaired) electrons. The maximum atomic E-state index is 13.0. The number of amides is 1. The highest BCUT2D eigenvalue weighted by Gasteiger charge is 2.11. The number of rotatable bonds is 6. The third-order valence-electron chi connectivity index (χ3n) is 2.82. The highest BCUT2D eigenvalue weighted by Crippen LogP contribution is 2.15. The van der Waals surface area contributed by atoms with Gasteiger partial charge in [0.2, 0.25) is 0 Å². The summed E-state index contributed by atoms with van der Waals surface area (Å²) in [5, 5.41) is 12.5. The van der Waals surface area contributed by atoms with Crippen LogP contribution in [0.15, 0.2) is 36.5 Å². The highest BCUT2D eigenvalue weighted by atomic mass is 35.5. The lowest BCUT2D eigenvalue weighted by Crippen LogP contribution is -2.35. The highest BCUT2D eigenvalue weighted by molar-refractivity contribution is 6.29. The fourth-order valence-electron chi connectivity index (χ4n) is 1.64. The summed E-state index contributed by atoms with van der Waals surface area (Å²) in [6, 6.07) is 6.00. The molecule has 0 aliphatic heterocycles. The second-order valence-electron chi connectivity index (χ2n) is 4.62. The van der Waals surface area contributed by atoms with E-state index in [0.29, 0.717) is 5.56 Å². The Morgan fingerprint density at radius 2 is 2.09 bits per heavy atom. The predicted octanol–water partition coefficient (Wildman–Crippen LogP) is 2.18. The molecule has 0 aliphatic carbocycles. The van der Waals surface area contributed by atoms with E-state index in [1.165, 1.54) is 24.4 Å². The molecule has 1 unspecified atom stereocenters. The standard InChI is InChI=1S/C15H13ClF2N2O3/c16-14-4-1-9(6-19-14)15(22)20-7-10(21)8-23-11-2-3-12(17)13(18)5-11/h1-6,10,21H,7-8H2,(H,20,22). The van der Waals surface area contributed by atoms with Gasteiger partial charge in [-0.25, -0.2) is 13.8 Å². The third kappa shape index (κ3) is 5.15. The first kappa shape index (κ1) is 17.1. The molecule has 0 spiro atoms. The Bertz CT molecular complexity index is 683. The number of benzene rings is 1. The molecule has 23 heavy (non-hydrogen) atoms. The van der Waals surface area contributed by atoms with E-state index in [9.17, 15) is 18.7 Å². The van der Waals surface area contributed by atoms with E-state index < -0.39 is 23.6 Å². The number of carbonyl (C=O) groups excluding carboxylic acids is 1. The molecule has 0 bridgehead atoms. The number of hydrogen-bond donors (Lipinski definition) is 2. The number of pyridine rings is 1. The van der Waals surface area contributed by atoms with Crippen molar-refractivity contribution in [2.24, 2.45) is 0 Å². The van der Waals surface area contributed by atoms with Gasteiger partial charge in [-0.05, 0) is 24.3 Å². The molecule has 1 heterocycles. The van der Waals surface area contributed by atoms with E-state index in [2.05, 4.69) is 10.3 Å². The van der Waals surface area contributed by atoms with Gasteiger partial charge in [0.1, 0.15) is 23.6 Å². The molecule has 122 valence electrons. The van der Waals surface area contributed by atoms with Crippen LogP contribution in [-0.4, -0.2) is 35.3 Å². The van der Waals surface area contributed by atoms with Crippen molar-refractivity contribution >= 4 is 17.5 Å². The summed E-state index contributed by atoms with van der Waals surface area (Å²) < 4.78 is 30.9. The SMILES string of the molecule is O=C(NCC(O)COc1ccc(F)c(F)c1)c1ccc(Cl)nc1. The molecule has 8 heteroatoms. The second kappa shape index (κ2) is 7.85. The molecular formula is C15H13ClF2N2O3. The molecule has 5 nitrogen and oxygen atoms in total. The van der Waals surface area contributed by atoms with Crippen LogP contribution < -0.4 is 10.1 Å². The molecule has 2 aromatic rings. The fraction of sp³-hybridized carbons (Fsp3) is 0.200. The smallest absolute Gasteiger partial charge is 0.252 e. The van der Waals surface area contributed by atoms with Crippen molar-refractivity contribution in [3.05, 3.63) is 58.9 Å². The molecule has 2 rings (SSSR count). The van der Waals surface area contributed by atoms with E-state index >= 15 is 0 Å². The maximum Gasteiger partial charge on any atom is 0.252 e. The number of hydrogen-bond acceptors (Lipinski definition) is 4. The largest absolute Gasteiger partial charge is 0.491 e. The zero-order valence-corrected chi connectivity index (χ0v) is 12.6. The lowest BCUT2D eigenvalue weighted by Gasteiger charge is -2.13. The van der Waals surface area contributed by atoms with Gasteiger partial charge in [0, 0.05) is 18.8 Å². The number of nitrogens with one attached hydrogen (secondary N) is 1. The van der Waals surface area contributed by atoms with Gasteiger partial charge < -0.3 is 15.2 Å². The van der Waals surface area contributed by atoms with E-state index in [-0.39, 0.29) is 24.1 Å². The first-order valence-electron chi connectivity index (χ1n) is 6.61. The summed E-state index contributed by atoms with van der Waals surface area (Å²) in [6.07, 6.45) is 0.286. The minimum Gasteiger partial charge on any atom is -0.491 e. The van der Waals surface area contributed by atoms with Gasteiger partial charge in [-0.3, -0.25) is 4.79 Å². The van der Waals surface area contributed by atoms with Crippen LogP contribution >= 0.6 is 11.6 Å². The van der Waals surface area contributed by atoms with Gasteiger partial charge >= 0.3 is 0 Å². The molecule has 1 aromatic heterocycles. The number of aliphatic hydroxyl groups excluding tert-OH is 1. The van der Waals surface area contributed by atoms with Gasteiger partial charge in [-0.15, -0.1) is 0 Å². The average molecular weight is 343 g/mol. The molecule has 1 atom stereocenters. The first-order valence-corrected chi connectivity index (χ1v) is 6.99. The van der Waals surface area contributed by atoms with Crippen LogP contribution in [0.1, 0.15) is 10.4 Å². The average Bonchev–Trinajstić information content (AvgIpc) is 2.54. The molecule has 1 aromatic carbocycles. The number of halogens is 3. The van der Waals surface area contributed by atoms with Crippen LogP contribution in [0.3, 0.4) is 0 Å². The maximum absolute atomic E-state index is 13.0. The fourth-order valence-corrected chi connectivity index (χ4v) is 1.75. The first-order chi connectivity index (χ1) is 11.0. The Labute approximate surface area is 135 Å². The van der Waals surface area contributed by atoms with Crippen molar-refractivity contribution in [1.82, 2.24) is 10.3 Å². The van der Waals surface area contributed by atoms with Gasteiger partial charge in [-0.1, -0.05) is 11.6 Å². The summed E-state index contributed by atoms with van der Waals surface area (Å²) in [5.74, 6) is -2.38. The quantitative estimate of drug-likeness (QED) is 0.789. The van der Waals surface area contributed by atoms with Gasteiger partial charge in [0.25, 0.3) is 5.91 Å². The predicted molar refractivity (Wildman–Crippen MR) is 79.4 cm³/mol. The second-order valence-corrected chi connectivity index (χ2v) is 5.01. The van der Waals surface area contributed by atoms with Crippen molar-refractivity contribution < 1.29 is 23.4 Å². The van der Waals surface area contributed by atoms with Crippen LogP contribution in [-0.2, 0) is 0 Å². The number of aromatic nitrogens is 1. The van der Waals surface area contributed by atoms with Crippen molar-refractivity contribution in [2.75, 3.05) is 13.2 Å². The van der Waals surface area contributed by atoms with Crippen molar-refractivity contribution in [3.8, 4) is 5.75 Å². The van der Waals surface area contributed by atoms with Crippen molar-refractivity contribution in [2.45, 2.75) is 6.10 Å². The Balaban J connectivity index is 1.78. The Kier molecular flexibility index (Phi) is 5.84. The van der Waals surface area contributed by atoms with E-state index in [0.717, 1.165) is 12.1 Å². The lowest BCUT2D eigenvalue weighted by molar-refractivity contribution is 0.0843. The van der Waals surface area contributed by atoms with Gasteiger partial charge in [-0.2, -0.15) is 0 Å². The molecule has 2 N–H and O–H groups in total. The Hall–Kier alpha value is -2.25. The van der Waals surface area contributed by atoms with E-state index in [1.807, 2.05) is 0 Å². The van der Waals surface area contributed by atoms with Gasteiger partial charge in [0.05, 0.1) is 5.56 Å². The van der Waals surface area contributed by atoms with Crippen molar-refractivity contribution in [1.29, 1.82) is 0 Å². The van der Waals surface area contributed by atoms with Crippen LogP contribution in [0.25, 0.3) is 0 Å².